The summed E-state index contributed by atoms with van der Waals surface area (Å²) in [6.07, 6.45) is 3.63. The lowest BCUT2D eigenvalue weighted by Gasteiger charge is -2.15. The molecule has 4 heterocycles. The molecule has 4 aromatic carbocycles. The molecule has 0 bridgehead atoms. The number of hydrogen-bond donors (Lipinski definition) is 2. The molecule has 0 aliphatic heterocycles. The van der Waals surface area contributed by atoms with Gasteiger partial charge in [0.15, 0.2) is 11.3 Å². The van der Waals surface area contributed by atoms with E-state index in [1.807, 2.05) is 36.7 Å². The average Bonchev–Trinajstić information content (AvgIpc) is 3.22. The van der Waals surface area contributed by atoms with Gasteiger partial charge in [0.2, 0.25) is 0 Å². The van der Waals surface area contributed by atoms with Crippen molar-refractivity contribution in [1.82, 2.24) is 19.9 Å². The van der Waals surface area contributed by atoms with Gasteiger partial charge in [-0.3, -0.25) is 0 Å². The Kier molecular flexibility index (Phi) is 11.0. The zero-order valence-electron chi connectivity index (χ0n) is 31.6. The summed E-state index contributed by atoms with van der Waals surface area (Å²) in [4.78, 5) is 23.4. The quantitative estimate of drug-likeness (QED) is 0.133. The molecule has 0 atom stereocenters. The third-order valence-electron chi connectivity index (χ3n) is 9.22. The topological polar surface area (TPSA) is 75.6 Å². The van der Waals surface area contributed by atoms with Gasteiger partial charge in [-0.1, -0.05) is 99.5 Å². The molecule has 6 nitrogen and oxygen atoms in total. The summed E-state index contributed by atoms with van der Waals surface area (Å²) in [7, 11) is 0. The predicted octanol–water partition coefficient (Wildman–Crippen LogP) is 13.0. The molecule has 0 spiro atoms. The maximum absolute atomic E-state index is 4.84. The Bertz CT molecular complexity index is 2540. The van der Waals surface area contributed by atoms with E-state index in [-0.39, 0.29) is 0 Å². The van der Waals surface area contributed by atoms with Gasteiger partial charge < -0.3 is 10.6 Å². The van der Waals surface area contributed by atoms with Gasteiger partial charge in [-0.2, -0.15) is 0 Å². The van der Waals surface area contributed by atoms with Gasteiger partial charge in [0.05, 0.1) is 22.7 Å². The minimum absolute atomic E-state index is 0.318. The van der Waals surface area contributed by atoms with E-state index in [4.69, 9.17) is 9.97 Å². The summed E-state index contributed by atoms with van der Waals surface area (Å²) < 4.78 is 0. The molecule has 0 amide bonds. The van der Waals surface area contributed by atoms with Crippen LogP contribution in [0.3, 0.4) is 0 Å². The standard InChI is InChI=1S/C48H40N6S2/c1-31(2)39-21-19-37-41(25-27-49-47(37)53-39)51-43-29-33(17-23-45(43)55-35-11-7-5-8-12-35)15-16-34-18-24-46(56-36-13-9-6-10-14-36)44(30-34)52-42-26-28-50-48-38(42)20-22-40(54-48)32(3)4/h5-14,17-32H,1-4H3,(H,49,51,53)(H,50,52,54). The van der Waals surface area contributed by atoms with Crippen molar-refractivity contribution in [2.45, 2.75) is 59.1 Å². The van der Waals surface area contributed by atoms with Gasteiger partial charge in [-0.15, -0.1) is 0 Å². The van der Waals surface area contributed by atoms with E-state index in [9.17, 15) is 0 Å². The minimum Gasteiger partial charge on any atom is -0.354 e. The normalized spacial score (nSPS) is 11.2. The van der Waals surface area contributed by atoms with Crippen molar-refractivity contribution in [3.8, 4) is 11.8 Å². The number of hydrogen-bond acceptors (Lipinski definition) is 8. The first-order valence-electron chi connectivity index (χ1n) is 18.7. The maximum Gasteiger partial charge on any atom is 0.161 e. The average molecular weight is 765 g/mol. The van der Waals surface area contributed by atoms with Crippen LogP contribution < -0.4 is 10.6 Å². The number of nitrogens with zero attached hydrogens (tertiary/aromatic N) is 4. The van der Waals surface area contributed by atoms with E-state index >= 15 is 0 Å². The molecular weight excluding hydrogens is 725 g/mol. The Morgan fingerprint density at radius 1 is 0.464 bits per heavy atom. The molecule has 274 valence electrons. The fraction of sp³-hybridized carbons (Fsp3) is 0.125. The maximum atomic E-state index is 4.84. The van der Waals surface area contributed by atoms with E-state index < -0.39 is 0 Å². The van der Waals surface area contributed by atoms with Crippen molar-refractivity contribution in [2.24, 2.45) is 0 Å². The summed E-state index contributed by atoms with van der Waals surface area (Å²) in [6, 6.07) is 45.9. The van der Waals surface area contributed by atoms with Crippen LogP contribution in [0.25, 0.3) is 22.1 Å². The van der Waals surface area contributed by atoms with Crippen LogP contribution in [-0.2, 0) is 0 Å². The molecule has 0 saturated heterocycles. The Balaban J connectivity index is 1.15. The van der Waals surface area contributed by atoms with Gasteiger partial charge in [-0.25, -0.2) is 19.9 Å². The molecule has 0 saturated carbocycles. The highest BCUT2D eigenvalue weighted by atomic mass is 32.2. The second kappa shape index (κ2) is 16.7. The largest absolute Gasteiger partial charge is 0.354 e. The summed E-state index contributed by atoms with van der Waals surface area (Å²) in [6.45, 7) is 8.59. The van der Waals surface area contributed by atoms with Gasteiger partial charge in [0.1, 0.15) is 0 Å². The number of fused-ring (bicyclic) bond motifs is 2. The Hall–Kier alpha value is -6.14. The minimum atomic E-state index is 0.318. The van der Waals surface area contributed by atoms with Gasteiger partial charge in [0.25, 0.3) is 0 Å². The molecule has 56 heavy (non-hydrogen) atoms. The number of rotatable bonds is 10. The SMILES string of the molecule is CC(C)c1ccc2c(Nc3cc(C#Cc4ccc(Sc5ccccc5)c(Nc5ccnc6nc(C(C)C)ccc56)c4)ccc3Sc3ccccc3)ccnc2n1. The Labute approximate surface area is 336 Å². The van der Waals surface area contributed by atoms with Gasteiger partial charge in [-0.05, 0) is 109 Å². The van der Waals surface area contributed by atoms with E-state index in [0.29, 0.717) is 11.8 Å². The van der Waals surface area contributed by atoms with E-state index in [2.05, 4.69) is 169 Å². The van der Waals surface area contributed by atoms with Crippen molar-refractivity contribution in [3.63, 3.8) is 0 Å². The van der Waals surface area contributed by atoms with Gasteiger partial charge in [0, 0.05) is 65.3 Å². The molecule has 2 N–H and O–H groups in total. The summed E-state index contributed by atoms with van der Waals surface area (Å²) in [5, 5.41) is 9.38. The van der Waals surface area contributed by atoms with Crippen molar-refractivity contribution >= 4 is 68.3 Å². The number of anilines is 4. The van der Waals surface area contributed by atoms with Crippen LogP contribution in [0.2, 0.25) is 0 Å². The first-order chi connectivity index (χ1) is 27.4. The third-order valence-corrected chi connectivity index (χ3v) is 11.4. The third kappa shape index (κ3) is 8.55. The van der Waals surface area contributed by atoms with Crippen LogP contribution in [0.1, 0.15) is 62.0 Å². The molecule has 8 heteroatoms. The van der Waals surface area contributed by atoms with Crippen LogP contribution in [0.15, 0.2) is 165 Å². The number of aromatic nitrogens is 4. The number of nitrogens with one attached hydrogen (secondary N) is 2. The van der Waals surface area contributed by atoms with Crippen LogP contribution >= 0.6 is 23.5 Å². The smallest absolute Gasteiger partial charge is 0.161 e. The fourth-order valence-electron chi connectivity index (χ4n) is 6.20. The van der Waals surface area contributed by atoms with E-state index in [1.165, 1.54) is 0 Å². The van der Waals surface area contributed by atoms with Crippen molar-refractivity contribution in [1.29, 1.82) is 0 Å². The first kappa shape index (κ1) is 36.8. The first-order valence-corrected chi connectivity index (χ1v) is 20.3. The van der Waals surface area contributed by atoms with Crippen molar-refractivity contribution in [3.05, 3.63) is 168 Å². The van der Waals surface area contributed by atoms with E-state index in [1.54, 1.807) is 23.5 Å². The lowest BCUT2D eigenvalue weighted by Crippen LogP contribution is -1.99. The van der Waals surface area contributed by atoms with Crippen molar-refractivity contribution in [2.75, 3.05) is 10.6 Å². The molecule has 0 radical (unpaired) electrons. The summed E-state index contributed by atoms with van der Waals surface area (Å²) in [5.74, 6) is 7.56. The lowest BCUT2D eigenvalue weighted by atomic mass is 10.1. The second-order valence-electron chi connectivity index (χ2n) is 14.0. The van der Waals surface area contributed by atoms with Gasteiger partial charge >= 0.3 is 0 Å². The predicted molar refractivity (Wildman–Crippen MR) is 234 cm³/mol. The molecule has 0 aliphatic rings. The fourth-order valence-corrected chi connectivity index (χ4v) is 8.01. The Morgan fingerprint density at radius 3 is 1.30 bits per heavy atom. The lowest BCUT2D eigenvalue weighted by molar-refractivity contribution is 0.828. The van der Waals surface area contributed by atoms with Crippen LogP contribution in [0, 0.1) is 11.8 Å². The highest BCUT2D eigenvalue weighted by molar-refractivity contribution is 7.99. The molecule has 0 unspecified atom stereocenters. The highest BCUT2D eigenvalue weighted by Gasteiger charge is 2.13. The summed E-state index contributed by atoms with van der Waals surface area (Å²) >= 11 is 3.43. The second-order valence-corrected chi connectivity index (χ2v) is 16.2. The molecule has 0 fully saturated rings. The van der Waals surface area contributed by atoms with Crippen molar-refractivity contribution < 1.29 is 0 Å². The molecule has 8 aromatic rings. The molecule has 0 aliphatic carbocycles. The molecule has 4 aromatic heterocycles. The highest BCUT2D eigenvalue weighted by Crippen LogP contribution is 2.38. The number of pyridine rings is 4. The number of benzene rings is 4. The van der Waals surface area contributed by atoms with Crippen LogP contribution in [-0.4, -0.2) is 19.9 Å². The zero-order chi connectivity index (χ0) is 38.4. The van der Waals surface area contributed by atoms with E-state index in [0.717, 1.165) is 86.9 Å². The molecule has 8 rings (SSSR count). The Morgan fingerprint density at radius 2 is 0.893 bits per heavy atom. The van der Waals surface area contributed by atoms with Crippen LogP contribution in [0.4, 0.5) is 22.7 Å². The monoisotopic (exact) mass is 764 g/mol. The summed E-state index contributed by atoms with van der Waals surface area (Å²) in [5.41, 5.74) is 9.10. The zero-order valence-corrected chi connectivity index (χ0v) is 33.2. The van der Waals surface area contributed by atoms with Crippen LogP contribution in [0.5, 0.6) is 0 Å². The molecular formula is C48H40N6S2.